The van der Waals surface area contributed by atoms with Gasteiger partial charge >= 0.3 is 0 Å². The monoisotopic (exact) mass is 305 g/mol. The number of nitrogens with one attached hydrogen (secondary N) is 1. The molecule has 2 aromatic rings. The number of carbonyl (C=O) groups is 1. The normalized spacial score (nSPS) is 13.8. The summed E-state index contributed by atoms with van der Waals surface area (Å²) >= 11 is 3.37. The summed E-state index contributed by atoms with van der Waals surface area (Å²) in [5.41, 5.74) is 2.74. The number of aryl methyl sites for hydroxylation is 1. The fraction of sp³-hybridized carbons (Fsp3) is 0.267. The molecule has 1 amide bonds. The topological polar surface area (TPSA) is 42.2 Å². The highest BCUT2D eigenvalue weighted by atomic mass is 32.2. The lowest BCUT2D eigenvalue weighted by Crippen LogP contribution is -2.23. The first-order chi connectivity index (χ1) is 9.65. The molecule has 0 bridgehead atoms. The van der Waals surface area contributed by atoms with Crippen LogP contribution in [0, 0.1) is 13.8 Å². The van der Waals surface area contributed by atoms with E-state index in [0.29, 0.717) is 6.54 Å². The van der Waals surface area contributed by atoms with Gasteiger partial charge in [-0.25, -0.2) is 0 Å². The number of fused-ring (bicyclic) bond motifs is 1. The van der Waals surface area contributed by atoms with Crippen LogP contribution in [-0.2, 0) is 17.1 Å². The number of thiophene rings is 1. The van der Waals surface area contributed by atoms with E-state index in [1.807, 2.05) is 18.2 Å². The van der Waals surface area contributed by atoms with Crippen molar-refractivity contribution < 1.29 is 9.21 Å². The fourth-order valence-corrected chi connectivity index (χ4v) is 4.48. The van der Waals surface area contributed by atoms with E-state index in [2.05, 4.69) is 19.2 Å². The third-order valence-electron chi connectivity index (χ3n) is 3.40. The maximum absolute atomic E-state index is 12.2. The van der Waals surface area contributed by atoms with E-state index >= 15 is 0 Å². The lowest BCUT2D eigenvalue weighted by molar-refractivity contribution is -0.117. The van der Waals surface area contributed by atoms with Crippen molar-refractivity contribution in [2.75, 3.05) is 0 Å². The zero-order valence-corrected chi connectivity index (χ0v) is 13.0. The molecule has 3 nitrogen and oxygen atoms in total. The van der Waals surface area contributed by atoms with Crippen LogP contribution >= 0.6 is 23.1 Å². The van der Waals surface area contributed by atoms with Gasteiger partial charge in [-0.2, -0.15) is 0 Å². The molecule has 0 saturated heterocycles. The van der Waals surface area contributed by atoms with Gasteiger partial charge in [0.05, 0.1) is 17.7 Å². The molecule has 1 aliphatic rings. The number of furan rings is 1. The molecule has 0 spiro atoms. The molecule has 0 saturated carbocycles. The molecule has 3 rings (SSSR count). The lowest BCUT2D eigenvalue weighted by atomic mass is 10.1. The molecule has 0 fully saturated rings. The molecule has 5 heteroatoms. The third kappa shape index (κ3) is 2.55. The van der Waals surface area contributed by atoms with Gasteiger partial charge in [0.15, 0.2) is 0 Å². The Labute approximate surface area is 126 Å². The summed E-state index contributed by atoms with van der Waals surface area (Å²) in [6.45, 7) is 4.72. The summed E-state index contributed by atoms with van der Waals surface area (Å²) in [7, 11) is 0. The summed E-state index contributed by atoms with van der Waals surface area (Å²) in [6, 6.07) is 3.67. The highest BCUT2D eigenvalue weighted by Crippen LogP contribution is 2.39. The Balaban J connectivity index is 1.73. The van der Waals surface area contributed by atoms with Gasteiger partial charge in [-0.1, -0.05) is 0 Å². The fourth-order valence-electron chi connectivity index (χ4n) is 2.11. The van der Waals surface area contributed by atoms with Gasteiger partial charge in [-0.3, -0.25) is 4.79 Å². The second kappa shape index (κ2) is 5.50. The Morgan fingerprint density at radius 3 is 3.05 bits per heavy atom. The minimum atomic E-state index is -0.0271. The Hall–Kier alpha value is -1.46. The van der Waals surface area contributed by atoms with Crippen LogP contribution in [0.4, 0.5) is 0 Å². The van der Waals surface area contributed by atoms with E-state index in [1.165, 1.54) is 20.9 Å². The number of hydrogen-bond donors (Lipinski definition) is 1. The quantitative estimate of drug-likeness (QED) is 0.936. The van der Waals surface area contributed by atoms with Gasteiger partial charge in [-0.15, -0.1) is 23.1 Å². The minimum absolute atomic E-state index is 0.0271. The molecular formula is C15H15NO2S2. The van der Waals surface area contributed by atoms with E-state index in [9.17, 15) is 4.79 Å². The van der Waals surface area contributed by atoms with Crippen LogP contribution in [0.5, 0.6) is 0 Å². The van der Waals surface area contributed by atoms with Gasteiger partial charge < -0.3 is 9.73 Å². The molecule has 104 valence electrons. The first kappa shape index (κ1) is 13.5. The molecule has 0 aromatic carbocycles. The Morgan fingerprint density at radius 2 is 2.30 bits per heavy atom. The van der Waals surface area contributed by atoms with Crippen molar-refractivity contribution >= 4 is 35.1 Å². The van der Waals surface area contributed by atoms with Crippen LogP contribution in [-0.4, -0.2) is 5.91 Å². The Kier molecular flexibility index (Phi) is 3.72. The maximum Gasteiger partial charge on any atom is 0.258 e. The largest absolute Gasteiger partial charge is 0.467 e. The van der Waals surface area contributed by atoms with Gasteiger partial charge in [0.2, 0.25) is 0 Å². The van der Waals surface area contributed by atoms with Gasteiger partial charge in [0.1, 0.15) is 5.76 Å². The molecule has 0 unspecified atom stereocenters. The predicted molar refractivity (Wildman–Crippen MR) is 83.6 cm³/mol. The van der Waals surface area contributed by atoms with Crippen molar-refractivity contribution in [2.45, 2.75) is 26.1 Å². The number of rotatable bonds is 3. The summed E-state index contributed by atoms with van der Waals surface area (Å²) in [5.74, 6) is 1.62. The van der Waals surface area contributed by atoms with Crippen molar-refractivity contribution in [3.8, 4) is 0 Å². The standard InChI is InChI=1S/C15H15NO2S2/c1-9-10(2)20-13-6-14(19-8-12(9)13)15(17)16-7-11-4-3-5-18-11/h3-6H,7-8H2,1-2H3,(H,16,17). The van der Waals surface area contributed by atoms with Crippen LogP contribution < -0.4 is 5.32 Å². The molecule has 0 aliphatic carbocycles. The lowest BCUT2D eigenvalue weighted by Gasteiger charge is -2.13. The SMILES string of the molecule is Cc1sc2c(c1C)CSC(C(=O)NCc1ccco1)=C2. The van der Waals surface area contributed by atoms with Gasteiger partial charge in [-0.05, 0) is 43.2 Å². The molecule has 0 atom stereocenters. The number of carbonyl (C=O) groups excluding carboxylic acids is 1. The second-order valence-electron chi connectivity index (χ2n) is 4.69. The van der Waals surface area contributed by atoms with E-state index in [-0.39, 0.29) is 5.91 Å². The molecule has 0 radical (unpaired) electrons. The Bertz CT molecular complexity index is 668. The number of hydrogen-bond acceptors (Lipinski definition) is 4. The van der Waals surface area contributed by atoms with Gasteiger partial charge in [0.25, 0.3) is 5.91 Å². The van der Waals surface area contributed by atoms with Crippen LogP contribution in [0.1, 0.15) is 26.6 Å². The van der Waals surface area contributed by atoms with Crippen LogP contribution in [0.2, 0.25) is 0 Å². The van der Waals surface area contributed by atoms with Crippen molar-refractivity contribution in [1.29, 1.82) is 0 Å². The molecule has 20 heavy (non-hydrogen) atoms. The molecule has 1 aliphatic heterocycles. The summed E-state index contributed by atoms with van der Waals surface area (Å²) in [5, 5.41) is 2.89. The van der Waals surface area contributed by atoms with E-state index in [1.54, 1.807) is 29.4 Å². The third-order valence-corrected chi connectivity index (χ3v) is 5.65. The van der Waals surface area contributed by atoms with Crippen molar-refractivity contribution in [2.24, 2.45) is 0 Å². The van der Waals surface area contributed by atoms with E-state index < -0.39 is 0 Å². The van der Waals surface area contributed by atoms with Crippen molar-refractivity contribution in [3.05, 3.63) is 49.9 Å². The highest BCUT2D eigenvalue weighted by Gasteiger charge is 2.20. The van der Waals surface area contributed by atoms with E-state index in [0.717, 1.165) is 16.4 Å². The zero-order chi connectivity index (χ0) is 14.1. The average Bonchev–Trinajstić information content (AvgIpc) is 3.05. The Morgan fingerprint density at radius 1 is 1.45 bits per heavy atom. The summed E-state index contributed by atoms with van der Waals surface area (Å²) in [4.78, 5) is 15.5. The maximum atomic E-state index is 12.2. The minimum Gasteiger partial charge on any atom is -0.467 e. The molecule has 2 aromatic heterocycles. The summed E-state index contributed by atoms with van der Waals surface area (Å²) < 4.78 is 5.21. The number of amides is 1. The smallest absolute Gasteiger partial charge is 0.258 e. The first-order valence-corrected chi connectivity index (χ1v) is 8.19. The van der Waals surface area contributed by atoms with Crippen molar-refractivity contribution in [1.82, 2.24) is 5.32 Å². The average molecular weight is 305 g/mol. The number of thioether (sulfide) groups is 1. The second-order valence-corrected chi connectivity index (χ2v) is 6.96. The first-order valence-electron chi connectivity index (χ1n) is 6.39. The van der Waals surface area contributed by atoms with Crippen LogP contribution in [0.3, 0.4) is 0 Å². The zero-order valence-electron chi connectivity index (χ0n) is 11.4. The van der Waals surface area contributed by atoms with E-state index in [4.69, 9.17) is 4.42 Å². The van der Waals surface area contributed by atoms with Crippen LogP contribution in [0.25, 0.3) is 6.08 Å². The molecule has 3 heterocycles. The summed E-state index contributed by atoms with van der Waals surface area (Å²) in [6.07, 6.45) is 3.62. The highest BCUT2D eigenvalue weighted by molar-refractivity contribution is 8.03. The predicted octanol–water partition coefficient (Wildman–Crippen LogP) is 3.86. The molecule has 1 N–H and O–H groups in total. The van der Waals surface area contributed by atoms with Crippen molar-refractivity contribution in [3.63, 3.8) is 0 Å². The van der Waals surface area contributed by atoms with Crippen LogP contribution in [0.15, 0.2) is 27.7 Å². The molecular weight excluding hydrogens is 290 g/mol. The van der Waals surface area contributed by atoms with Gasteiger partial charge in [0, 0.05) is 15.5 Å².